The Balaban J connectivity index is 2.23. The summed E-state index contributed by atoms with van der Waals surface area (Å²) in [6, 6.07) is 6.19. The van der Waals surface area contributed by atoms with Gasteiger partial charge in [0.1, 0.15) is 5.82 Å². The van der Waals surface area contributed by atoms with E-state index in [0.29, 0.717) is 11.7 Å². The van der Waals surface area contributed by atoms with Gasteiger partial charge in [0, 0.05) is 12.7 Å². The standard InChI is InChI=1S/C12H11ClFN3/c1-17(11-4-2-9(14)3-5-11)12-8-15-10(6-13)7-16-12/h2-5,7-8H,6H2,1H3. The number of benzene rings is 1. The minimum atomic E-state index is -0.259. The van der Waals surface area contributed by atoms with Gasteiger partial charge in [-0.1, -0.05) is 0 Å². The summed E-state index contributed by atoms with van der Waals surface area (Å²) in [4.78, 5) is 10.2. The highest BCUT2D eigenvalue weighted by Crippen LogP contribution is 2.20. The highest BCUT2D eigenvalue weighted by molar-refractivity contribution is 6.16. The quantitative estimate of drug-likeness (QED) is 0.785. The van der Waals surface area contributed by atoms with Gasteiger partial charge in [-0.15, -0.1) is 11.6 Å². The summed E-state index contributed by atoms with van der Waals surface area (Å²) in [5, 5.41) is 0. The number of aromatic nitrogens is 2. The van der Waals surface area contributed by atoms with Crippen molar-refractivity contribution in [2.75, 3.05) is 11.9 Å². The first-order valence-electron chi connectivity index (χ1n) is 5.07. The monoisotopic (exact) mass is 251 g/mol. The fraction of sp³-hybridized carbons (Fsp3) is 0.167. The lowest BCUT2D eigenvalue weighted by Crippen LogP contribution is -2.11. The van der Waals surface area contributed by atoms with Crippen molar-refractivity contribution in [1.29, 1.82) is 0 Å². The highest BCUT2D eigenvalue weighted by atomic mass is 35.5. The fourth-order valence-corrected chi connectivity index (χ4v) is 1.53. The van der Waals surface area contributed by atoms with Crippen LogP contribution in [-0.4, -0.2) is 17.0 Å². The molecule has 0 aliphatic carbocycles. The Morgan fingerprint density at radius 1 is 1.18 bits per heavy atom. The van der Waals surface area contributed by atoms with Gasteiger partial charge in [-0.05, 0) is 24.3 Å². The van der Waals surface area contributed by atoms with Crippen LogP contribution in [0.3, 0.4) is 0 Å². The van der Waals surface area contributed by atoms with Crippen molar-refractivity contribution in [3.8, 4) is 0 Å². The molecule has 0 fully saturated rings. The van der Waals surface area contributed by atoms with Gasteiger partial charge in [-0.2, -0.15) is 0 Å². The van der Waals surface area contributed by atoms with Crippen LogP contribution in [0.15, 0.2) is 36.7 Å². The van der Waals surface area contributed by atoms with Crippen LogP contribution in [0.4, 0.5) is 15.9 Å². The van der Waals surface area contributed by atoms with Crippen molar-refractivity contribution in [1.82, 2.24) is 9.97 Å². The smallest absolute Gasteiger partial charge is 0.151 e. The molecule has 2 rings (SSSR count). The van der Waals surface area contributed by atoms with Crippen molar-refractivity contribution >= 4 is 23.1 Å². The van der Waals surface area contributed by atoms with E-state index in [-0.39, 0.29) is 5.82 Å². The van der Waals surface area contributed by atoms with Crippen molar-refractivity contribution in [3.05, 3.63) is 48.2 Å². The Kier molecular flexibility index (Phi) is 3.54. The number of halogens is 2. The zero-order valence-electron chi connectivity index (χ0n) is 9.27. The number of anilines is 2. The molecule has 5 heteroatoms. The second-order valence-corrected chi connectivity index (χ2v) is 3.80. The second-order valence-electron chi connectivity index (χ2n) is 3.53. The maximum Gasteiger partial charge on any atom is 0.151 e. The van der Waals surface area contributed by atoms with Crippen LogP contribution >= 0.6 is 11.6 Å². The van der Waals surface area contributed by atoms with Gasteiger partial charge in [0.05, 0.1) is 24.0 Å². The van der Waals surface area contributed by atoms with Gasteiger partial charge in [0.2, 0.25) is 0 Å². The molecule has 0 spiro atoms. The van der Waals surface area contributed by atoms with Crippen molar-refractivity contribution in [3.63, 3.8) is 0 Å². The molecule has 0 atom stereocenters. The summed E-state index contributed by atoms with van der Waals surface area (Å²) in [7, 11) is 1.84. The van der Waals surface area contributed by atoms with Gasteiger partial charge in [0.25, 0.3) is 0 Å². The summed E-state index contributed by atoms with van der Waals surface area (Å²) in [5.74, 6) is 0.768. The summed E-state index contributed by atoms with van der Waals surface area (Å²) in [6.07, 6.45) is 3.27. The normalized spacial score (nSPS) is 10.3. The fourth-order valence-electron chi connectivity index (χ4n) is 1.39. The molecular formula is C12H11ClFN3. The lowest BCUT2D eigenvalue weighted by molar-refractivity contribution is 0.628. The van der Waals surface area contributed by atoms with Crippen LogP contribution in [0.5, 0.6) is 0 Å². The van der Waals surface area contributed by atoms with E-state index in [1.807, 2.05) is 11.9 Å². The topological polar surface area (TPSA) is 29.0 Å². The SMILES string of the molecule is CN(c1ccc(F)cc1)c1cnc(CCl)cn1. The maximum atomic E-state index is 12.8. The number of nitrogens with zero attached hydrogens (tertiary/aromatic N) is 3. The molecule has 1 aromatic heterocycles. The van der Waals surface area contributed by atoms with Crippen LogP contribution in [0.1, 0.15) is 5.69 Å². The molecule has 0 saturated carbocycles. The minimum Gasteiger partial charge on any atom is -0.328 e. The first-order valence-corrected chi connectivity index (χ1v) is 5.60. The van der Waals surface area contributed by atoms with E-state index in [1.54, 1.807) is 24.5 Å². The summed E-state index contributed by atoms with van der Waals surface area (Å²) in [5.41, 5.74) is 1.57. The first-order chi connectivity index (χ1) is 8.20. The molecular weight excluding hydrogens is 241 g/mol. The van der Waals surface area contributed by atoms with E-state index >= 15 is 0 Å². The van der Waals surface area contributed by atoms with Crippen LogP contribution in [-0.2, 0) is 5.88 Å². The average molecular weight is 252 g/mol. The predicted molar refractivity (Wildman–Crippen MR) is 66.1 cm³/mol. The number of rotatable bonds is 3. The maximum absolute atomic E-state index is 12.8. The Bertz CT molecular complexity index is 484. The molecule has 0 aliphatic rings. The molecule has 3 nitrogen and oxygen atoms in total. The number of alkyl halides is 1. The number of hydrogen-bond acceptors (Lipinski definition) is 3. The molecule has 2 aromatic rings. The molecule has 88 valence electrons. The van der Waals surface area contributed by atoms with Gasteiger partial charge >= 0.3 is 0 Å². The highest BCUT2D eigenvalue weighted by Gasteiger charge is 2.05. The largest absolute Gasteiger partial charge is 0.328 e. The molecule has 1 aromatic carbocycles. The summed E-state index contributed by atoms with van der Waals surface area (Å²) < 4.78 is 12.8. The Labute approximate surface area is 104 Å². The third-order valence-corrected chi connectivity index (χ3v) is 2.66. The Morgan fingerprint density at radius 2 is 1.88 bits per heavy atom. The van der Waals surface area contributed by atoms with Crippen LogP contribution in [0.2, 0.25) is 0 Å². The van der Waals surface area contributed by atoms with Gasteiger partial charge in [-0.25, -0.2) is 9.37 Å². The molecule has 0 saturated heterocycles. The molecule has 1 heterocycles. The van der Waals surface area contributed by atoms with E-state index in [1.165, 1.54) is 12.1 Å². The van der Waals surface area contributed by atoms with Gasteiger partial charge in [0.15, 0.2) is 5.82 Å². The van der Waals surface area contributed by atoms with Gasteiger partial charge in [-0.3, -0.25) is 4.98 Å². The lowest BCUT2D eigenvalue weighted by Gasteiger charge is -2.17. The van der Waals surface area contributed by atoms with Crippen LogP contribution in [0, 0.1) is 5.82 Å². The van der Waals surface area contributed by atoms with Crippen molar-refractivity contribution < 1.29 is 4.39 Å². The zero-order chi connectivity index (χ0) is 12.3. The van der Waals surface area contributed by atoms with E-state index in [0.717, 1.165) is 11.4 Å². The lowest BCUT2D eigenvalue weighted by atomic mass is 10.3. The molecule has 17 heavy (non-hydrogen) atoms. The van der Waals surface area contributed by atoms with E-state index in [2.05, 4.69) is 9.97 Å². The van der Waals surface area contributed by atoms with Crippen LogP contribution < -0.4 is 4.90 Å². The second kappa shape index (κ2) is 5.10. The molecule has 0 N–H and O–H groups in total. The summed E-state index contributed by atoms with van der Waals surface area (Å²) >= 11 is 5.64. The Hall–Kier alpha value is -1.68. The Morgan fingerprint density at radius 3 is 2.41 bits per heavy atom. The van der Waals surface area contributed by atoms with Crippen molar-refractivity contribution in [2.24, 2.45) is 0 Å². The van der Waals surface area contributed by atoms with E-state index in [4.69, 9.17) is 11.6 Å². The van der Waals surface area contributed by atoms with E-state index < -0.39 is 0 Å². The first kappa shape index (κ1) is 11.8. The minimum absolute atomic E-state index is 0.259. The zero-order valence-corrected chi connectivity index (χ0v) is 10.0. The van der Waals surface area contributed by atoms with Gasteiger partial charge < -0.3 is 4.90 Å². The third-order valence-electron chi connectivity index (χ3n) is 2.39. The average Bonchev–Trinajstić information content (AvgIpc) is 2.39. The molecule has 0 bridgehead atoms. The van der Waals surface area contributed by atoms with Crippen molar-refractivity contribution in [2.45, 2.75) is 5.88 Å². The molecule has 0 unspecified atom stereocenters. The molecule has 0 amide bonds. The number of hydrogen-bond donors (Lipinski definition) is 0. The summed E-state index contributed by atoms with van der Waals surface area (Å²) in [6.45, 7) is 0. The van der Waals surface area contributed by atoms with Crippen LogP contribution in [0.25, 0.3) is 0 Å². The third kappa shape index (κ3) is 2.71. The van der Waals surface area contributed by atoms with E-state index in [9.17, 15) is 4.39 Å². The molecule has 0 radical (unpaired) electrons. The predicted octanol–water partition coefficient (Wildman–Crippen LogP) is 3.12. The molecule has 0 aliphatic heterocycles.